The van der Waals surface area contributed by atoms with E-state index in [1.54, 1.807) is 0 Å². The van der Waals surface area contributed by atoms with Crippen LogP contribution in [0.3, 0.4) is 0 Å². The molecule has 1 unspecified atom stereocenters. The zero-order chi connectivity index (χ0) is 15.4. The molecule has 1 aliphatic heterocycles. The molecule has 0 radical (unpaired) electrons. The molecule has 4 nitrogen and oxygen atoms in total. The van der Waals surface area contributed by atoms with Gasteiger partial charge in [-0.1, -0.05) is 60.7 Å². The number of hydrogen-bond donors (Lipinski definition) is 1. The maximum Gasteiger partial charge on any atom is 0.256 e. The topological polar surface area (TPSA) is 55.4 Å². The van der Waals surface area contributed by atoms with Crippen LogP contribution < -0.4 is 5.32 Å². The van der Waals surface area contributed by atoms with Crippen molar-refractivity contribution in [2.75, 3.05) is 0 Å². The zero-order valence-electron chi connectivity index (χ0n) is 12.1. The molecule has 2 aromatic rings. The van der Waals surface area contributed by atoms with Crippen LogP contribution in [0.15, 0.2) is 60.7 Å². The molecule has 0 spiro atoms. The molecule has 1 aliphatic rings. The number of carbonyl (C=O) groups is 2. The second kappa shape index (κ2) is 6.54. The Labute approximate surface area is 129 Å². The molecule has 0 aromatic heterocycles. The van der Waals surface area contributed by atoms with Crippen molar-refractivity contribution in [1.82, 2.24) is 5.32 Å². The van der Waals surface area contributed by atoms with Gasteiger partial charge in [0.25, 0.3) is 5.91 Å². The summed E-state index contributed by atoms with van der Waals surface area (Å²) in [6, 6.07) is 19.7. The Bertz CT molecular complexity index is 655. The Hall–Kier alpha value is -2.46. The van der Waals surface area contributed by atoms with Gasteiger partial charge in [-0.2, -0.15) is 0 Å². The van der Waals surface area contributed by atoms with Gasteiger partial charge in [0.15, 0.2) is 0 Å². The molecular formula is C18H17NO3. The van der Waals surface area contributed by atoms with E-state index in [1.165, 1.54) is 0 Å². The lowest BCUT2D eigenvalue weighted by Crippen LogP contribution is -2.28. The number of rotatable bonds is 5. The SMILES string of the molecule is O=C1C[C@@H](OC(Cc2ccccc2)c2ccccc2)C(=O)N1. The van der Waals surface area contributed by atoms with E-state index in [-0.39, 0.29) is 24.3 Å². The summed E-state index contributed by atoms with van der Waals surface area (Å²) in [7, 11) is 0. The average molecular weight is 295 g/mol. The maximum atomic E-state index is 11.7. The first-order valence-electron chi connectivity index (χ1n) is 7.30. The predicted octanol–water partition coefficient (Wildman–Crippen LogP) is 2.40. The van der Waals surface area contributed by atoms with E-state index in [0.29, 0.717) is 6.42 Å². The van der Waals surface area contributed by atoms with Crippen LogP contribution >= 0.6 is 0 Å². The minimum atomic E-state index is -0.707. The normalized spacial score (nSPS) is 19.0. The lowest BCUT2D eigenvalue weighted by atomic mass is 10.0. The molecule has 2 atom stereocenters. The first-order chi connectivity index (χ1) is 10.7. The summed E-state index contributed by atoms with van der Waals surface area (Å²) in [4.78, 5) is 23.1. The first-order valence-corrected chi connectivity index (χ1v) is 7.30. The summed E-state index contributed by atoms with van der Waals surface area (Å²) in [5.41, 5.74) is 2.12. The molecule has 0 saturated carbocycles. The van der Waals surface area contributed by atoms with E-state index in [2.05, 4.69) is 5.32 Å². The van der Waals surface area contributed by atoms with Gasteiger partial charge in [-0.3, -0.25) is 14.9 Å². The van der Waals surface area contributed by atoms with E-state index in [0.717, 1.165) is 11.1 Å². The van der Waals surface area contributed by atoms with Crippen LogP contribution in [0, 0.1) is 0 Å². The van der Waals surface area contributed by atoms with E-state index in [9.17, 15) is 9.59 Å². The van der Waals surface area contributed by atoms with Crippen molar-refractivity contribution in [2.24, 2.45) is 0 Å². The second-order valence-corrected chi connectivity index (χ2v) is 5.33. The minimum Gasteiger partial charge on any atom is -0.360 e. The zero-order valence-corrected chi connectivity index (χ0v) is 12.1. The number of benzene rings is 2. The monoisotopic (exact) mass is 295 g/mol. The second-order valence-electron chi connectivity index (χ2n) is 5.33. The van der Waals surface area contributed by atoms with Crippen molar-refractivity contribution in [2.45, 2.75) is 25.0 Å². The fourth-order valence-corrected chi connectivity index (χ4v) is 2.58. The Morgan fingerprint density at radius 1 is 1.00 bits per heavy atom. The predicted molar refractivity (Wildman–Crippen MR) is 82.0 cm³/mol. The van der Waals surface area contributed by atoms with Crippen LogP contribution in [-0.4, -0.2) is 17.9 Å². The summed E-state index contributed by atoms with van der Waals surface area (Å²) in [6.07, 6.45) is -0.216. The number of imide groups is 1. The molecular weight excluding hydrogens is 278 g/mol. The van der Waals surface area contributed by atoms with Crippen molar-refractivity contribution < 1.29 is 14.3 Å². The summed E-state index contributed by atoms with van der Waals surface area (Å²) in [6.45, 7) is 0. The van der Waals surface area contributed by atoms with Crippen LogP contribution in [0.1, 0.15) is 23.7 Å². The van der Waals surface area contributed by atoms with Crippen LogP contribution in [-0.2, 0) is 20.7 Å². The Kier molecular flexibility index (Phi) is 4.30. The smallest absolute Gasteiger partial charge is 0.256 e. The molecule has 1 heterocycles. The molecule has 2 aromatic carbocycles. The van der Waals surface area contributed by atoms with E-state index in [4.69, 9.17) is 4.74 Å². The minimum absolute atomic E-state index is 0.0942. The summed E-state index contributed by atoms with van der Waals surface area (Å²) >= 11 is 0. The highest BCUT2D eigenvalue weighted by atomic mass is 16.5. The van der Waals surface area contributed by atoms with Crippen molar-refractivity contribution >= 4 is 11.8 Å². The number of hydrogen-bond acceptors (Lipinski definition) is 3. The number of ether oxygens (including phenoxy) is 1. The number of carbonyl (C=O) groups excluding carboxylic acids is 2. The molecule has 2 amide bonds. The van der Waals surface area contributed by atoms with Crippen LogP contribution in [0.5, 0.6) is 0 Å². The lowest BCUT2D eigenvalue weighted by Gasteiger charge is -2.21. The van der Waals surface area contributed by atoms with E-state index >= 15 is 0 Å². The van der Waals surface area contributed by atoms with Crippen LogP contribution in [0.25, 0.3) is 0 Å². The van der Waals surface area contributed by atoms with Crippen molar-refractivity contribution in [1.29, 1.82) is 0 Å². The molecule has 1 N–H and O–H groups in total. The molecule has 3 rings (SSSR count). The molecule has 112 valence electrons. The van der Waals surface area contributed by atoms with E-state index < -0.39 is 6.10 Å². The highest BCUT2D eigenvalue weighted by Crippen LogP contribution is 2.25. The third-order valence-electron chi connectivity index (χ3n) is 3.69. The van der Waals surface area contributed by atoms with Crippen LogP contribution in [0.4, 0.5) is 0 Å². The Balaban J connectivity index is 1.80. The standard InChI is InChI=1S/C18H17NO3/c20-17-12-16(18(21)19-17)22-15(14-9-5-2-6-10-14)11-13-7-3-1-4-8-13/h1-10,15-16H,11-12H2,(H,19,20,21)/t15?,16-/m1/s1. The fourth-order valence-electron chi connectivity index (χ4n) is 2.58. The molecule has 0 aliphatic carbocycles. The van der Waals surface area contributed by atoms with Gasteiger partial charge in [-0.15, -0.1) is 0 Å². The number of amides is 2. The summed E-state index contributed by atoms with van der Waals surface area (Å²) in [5.74, 6) is -0.625. The van der Waals surface area contributed by atoms with Gasteiger partial charge >= 0.3 is 0 Å². The first kappa shape index (κ1) is 14.5. The van der Waals surface area contributed by atoms with Gasteiger partial charge in [0.2, 0.25) is 5.91 Å². The molecule has 1 fully saturated rings. The highest BCUT2D eigenvalue weighted by Gasteiger charge is 2.33. The molecule has 4 heteroatoms. The number of nitrogens with one attached hydrogen (secondary N) is 1. The van der Waals surface area contributed by atoms with Gasteiger partial charge in [-0.05, 0) is 11.1 Å². The quantitative estimate of drug-likeness (QED) is 0.862. The third-order valence-corrected chi connectivity index (χ3v) is 3.69. The van der Waals surface area contributed by atoms with Gasteiger partial charge in [0.05, 0.1) is 12.5 Å². The van der Waals surface area contributed by atoms with Gasteiger partial charge in [0.1, 0.15) is 6.10 Å². The maximum absolute atomic E-state index is 11.7. The third kappa shape index (κ3) is 3.40. The lowest BCUT2D eigenvalue weighted by molar-refractivity contribution is -0.133. The van der Waals surface area contributed by atoms with E-state index in [1.807, 2.05) is 60.7 Å². The Morgan fingerprint density at radius 3 is 2.23 bits per heavy atom. The van der Waals surface area contributed by atoms with Gasteiger partial charge in [-0.25, -0.2) is 0 Å². The van der Waals surface area contributed by atoms with Gasteiger partial charge in [0, 0.05) is 6.42 Å². The average Bonchev–Trinajstić information content (AvgIpc) is 2.86. The van der Waals surface area contributed by atoms with Crippen molar-refractivity contribution in [3.05, 3.63) is 71.8 Å². The molecule has 22 heavy (non-hydrogen) atoms. The summed E-state index contributed by atoms with van der Waals surface area (Å²) < 4.78 is 5.95. The van der Waals surface area contributed by atoms with Crippen molar-refractivity contribution in [3.63, 3.8) is 0 Å². The van der Waals surface area contributed by atoms with Crippen molar-refractivity contribution in [3.8, 4) is 0 Å². The largest absolute Gasteiger partial charge is 0.360 e. The van der Waals surface area contributed by atoms with Gasteiger partial charge < -0.3 is 4.74 Å². The molecule has 1 saturated heterocycles. The Morgan fingerprint density at radius 2 is 1.64 bits per heavy atom. The fraction of sp³-hybridized carbons (Fsp3) is 0.222. The molecule has 0 bridgehead atoms. The van der Waals surface area contributed by atoms with Crippen LogP contribution in [0.2, 0.25) is 0 Å². The summed E-state index contributed by atoms with van der Waals surface area (Å²) in [5, 5.41) is 2.28. The highest BCUT2D eigenvalue weighted by molar-refractivity contribution is 6.04.